The number of carbonyl (C=O) groups excluding carboxylic acids is 1. The van der Waals surface area contributed by atoms with E-state index in [1.165, 1.54) is 11.3 Å². The lowest BCUT2D eigenvalue weighted by atomic mass is 10.2. The van der Waals surface area contributed by atoms with E-state index in [1.54, 1.807) is 6.20 Å². The van der Waals surface area contributed by atoms with Crippen LogP contribution >= 0.6 is 11.3 Å². The summed E-state index contributed by atoms with van der Waals surface area (Å²) < 4.78 is 0. The van der Waals surface area contributed by atoms with Gasteiger partial charge >= 0.3 is 0 Å². The van der Waals surface area contributed by atoms with Gasteiger partial charge in [-0.15, -0.1) is 11.3 Å². The number of aryl methyl sites for hydroxylation is 1. The van der Waals surface area contributed by atoms with Gasteiger partial charge in [-0.1, -0.05) is 12.1 Å². The first-order chi connectivity index (χ1) is 14.3. The van der Waals surface area contributed by atoms with Crippen LogP contribution in [0.3, 0.4) is 0 Å². The van der Waals surface area contributed by atoms with Crippen LogP contribution < -0.4 is 10.2 Å². The Morgan fingerprint density at radius 2 is 1.79 bits per heavy atom. The zero-order chi connectivity index (χ0) is 19.9. The fourth-order valence-corrected chi connectivity index (χ4v) is 4.03. The lowest BCUT2D eigenvalue weighted by molar-refractivity contribution is -0.116. The third-order valence-corrected chi connectivity index (χ3v) is 5.67. The molecule has 4 rings (SSSR count). The number of nitrogens with one attached hydrogen (secondary N) is 1. The van der Waals surface area contributed by atoms with Gasteiger partial charge in [-0.05, 0) is 30.7 Å². The smallest absolute Gasteiger partial charge is 0.226 e. The molecule has 150 valence electrons. The van der Waals surface area contributed by atoms with Crippen LogP contribution in [0.2, 0.25) is 0 Å². The standard InChI is InChI=1S/C21H24N6OS/c28-20(8-7-17-5-1-3-9-22-17)25-21-24-18(16-29-21)15-26-11-13-27(14-12-26)19-6-2-4-10-23-19/h1-6,9-10,16H,7-8,11-15H2,(H,24,25,28). The lowest BCUT2D eigenvalue weighted by Crippen LogP contribution is -2.46. The van der Waals surface area contributed by atoms with Gasteiger partial charge in [0.2, 0.25) is 5.91 Å². The average Bonchev–Trinajstić information content (AvgIpc) is 3.21. The number of amides is 1. The molecule has 4 heterocycles. The number of hydrogen-bond acceptors (Lipinski definition) is 7. The number of thiazole rings is 1. The topological polar surface area (TPSA) is 74.2 Å². The summed E-state index contributed by atoms with van der Waals surface area (Å²) in [5, 5.41) is 5.60. The Morgan fingerprint density at radius 3 is 2.52 bits per heavy atom. The number of pyridine rings is 2. The number of piperazine rings is 1. The summed E-state index contributed by atoms with van der Waals surface area (Å²) in [5.74, 6) is 1.01. The van der Waals surface area contributed by atoms with E-state index in [-0.39, 0.29) is 5.91 Å². The van der Waals surface area contributed by atoms with E-state index < -0.39 is 0 Å². The van der Waals surface area contributed by atoms with Crippen molar-refractivity contribution in [2.75, 3.05) is 36.4 Å². The van der Waals surface area contributed by atoms with E-state index in [2.05, 4.69) is 36.1 Å². The summed E-state index contributed by atoms with van der Waals surface area (Å²) in [7, 11) is 0. The minimum atomic E-state index is -0.0273. The van der Waals surface area contributed by atoms with E-state index >= 15 is 0 Å². The van der Waals surface area contributed by atoms with Gasteiger partial charge in [0.25, 0.3) is 0 Å². The lowest BCUT2D eigenvalue weighted by Gasteiger charge is -2.35. The maximum absolute atomic E-state index is 12.2. The minimum Gasteiger partial charge on any atom is -0.354 e. The Bertz CT molecular complexity index is 909. The molecule has 0 spiro atoms. The second-order valence-corrected chi connectivity index (χ2v) is 7.82. The summed E-state index contributed by atoms with van der Waals surface area (Å²) in [6.07, 6.45) is 4.62. The van der Waals surface area contributed by atoms with Gasteiger partial charge in [0.15, 0.2) is 5.13 Å². The number of carbonyl (C=O) groups is 1. The zero-order valence-corrected chi connectivity index (χ0v) is 17.0. The van der Waals surface area contributed by atoms with E-state index in [0.29, 0.717) is 18.0 Å². The Kier molecular flexibility index (Phi) is 6.43. The monoisotopic (exact) mass is 408 g/mol. The molecule has 1 saturated heterocycles. The predicted molar refractivity (Wildman–Crippen MR) is 115 cm³/mol. The van der Waals surface area contributed by atoms with Crippen LogP contribution in [0.15, 0.2) is 54.2 Å². The zero-order valence-electron chi connectivity index (χ0n) is 16.2. The first-order valence-corrected chi connectivity index (χ1v) is 10.7. The van der Waals surface area contributed by atoms with E-state index in [1.807, 2.05) is 41.9 Å². The predicted octanol–water partition coefficient (Wildman–Crippen LogP) is 2.83. The maximum atomic E-state index is 12.2. The van der Waals surface area contributed by atoms with Crippen LogP contribution in [-0.4, -0.2) is 51.9 Å². The first-order valence-electron chi connectivity index (χ1n) is 9.79. The highest BCUT2D eigenvalue weighted by Crippen LogP contribution is 2.19. The van der Waals surface area contributed by atoms with E-state index in [9.17, 15) is 4.79 Å². The van der Waals surface area contributed by atoms with Crippen LogP contribution in [0.4, 0.5) is 10.9 Å². The third-order valence-electron chi connectivity index (χ3n) is 4.86. The van der Waals surface area contributed by atoms with Crippen molar-refractivity contribution in [3.05, 3.63) is 65.6 Å². The average molecular weight is 409 g/mol. The molecule has 1 N–H and O–H groups in total. The second kappa shape index (κ2) is 9.58. The molecule has 0 aromatic carbocycles. The summed E-state index contributed by atoms with van der Waals surface area (Å²) in [6.45, 7) is 4.66. The highest BCUT2D eigenvalue weighted by Gasteiger charge is 2.19. The van der Waals surface area contributed by atoms with Gasteiger partial charge in [-0.2, -0.15) is 0 Å². The highest BCUT2D eigenvalue weighted by molar-refractivity contribution is 7.13. The molecular formula is C21H24N6OS. The van der Waals surface area contributed by atoms with E-state index in [4.69, 9.17) is 0 Å². The van der Waals surface area contributed by atoms with Gasteiger partial charge < -0.3 is 10.2 Å². The van der Waals surface area contributed by atoms with Gasteiger partial charge in [-0.3, -0.25) is 14.7 Å². The van der Waals surface area contributed by atoms with Crippen molar-refractivity contribution < 1.29 is 4.79 Å². The fourth-order valence-electron chi connectivity index (χ4n) is 3.31. The molecule has 1 fully saturated rings. The molecule has 3 aromatic rings. The highest BCUT2D eigenvalue weighted by atomic mass is 32.1. The summed E-state index contributed by atoms with van der Waals surface area (Å²) in [6, 6.07) is 11.8. The molecule has 3 aromatic heterocycles. The van der Waals surface area contributed by atoms with Crippen molar-refractivity contribution in [3.8, 4) is 0 Å². The molecule has 7 nitrogen and oxygen atoms in total. The van der Waals surface area contributed by atoms with Gasteiger partial charge in [0, 0.05) is 62.6 Å². The molecule has 1 amide bonds. The van der Waals surface area contributed by atoms with Crippen molar-refractivity contribution >= 4 is 28.2 Å². The quantitative estimate of drug-likeness (QED) is 0.648. The Balaban J connectivity index is 1.22. The van der Waals surface area contributed by atoms with Crippen molar-refractivity contribution in [3.63, 3.8) is 0 Å². The van der Waals surface area contributed by atoms with Gasteiger partial charge in [0.1, 0.15) is 5.82 Å². The summed E-state index contributed by atoms with van der Waals surface area (Å²) in [4.78, 5) is 30.1. The number of rotatable bonds is 7. The molecule has 0 unspecified atom stereocenters. The van der Waals surface area contributed by atoms with Crippen LogP contribution in [-0.2, 0) is 17.8 Å². The first kappa shape index (κ1) is 19.5. The van der Waals surface area contributed by atoms with Crippen LogP contribution in [0, 0.1) is 0 Å². The Labute approximate surface area is 174 Å². The molecule has 0 atom stereocenters. The van der Waals surface area contributed by atoms with Crippen molar-refractivity contribution in [2.45, 2.75) is 19.4 Å². The second-order valence-electron chi connectivity index (χ2n) is 6.96. The number of nitrogens with zero attached hydrogens (tertiary/aromatic N) is 5. The third kappa shape index (κ3) is 5.58. The van der Waals surface area contributed by atoms with Crippen LogP contribution in [0.1, 0.15) is 17.8 Å². The fraction of sp³-hybridized carbons (Fsp3) is 0.333. The Hall–Kier alpha value is -2.84. The van der Waals surface area contributed by atoms with Crippen molar-refractivity contribution in [2.24, 2.45) is 0 Å². The summed E-state index contributed by atoms with van der Waals surface area (Å²) >= 11 is 1.48. The molecule has 29 heavy (non-hydrogen) atoms. The molecule has 0 saturated carbocycles. The van der Waals surface area contributed by atoms with Crippen molar-refractivity contribution in [1.82, 2.24) is 19.9 Å². The number of aromatic nitrogens is 3. The molecule has 1 aliphatic rings. The summed E-state index contributed by atoms with van der Waals surface area (Å²) in [5.41, 5.74) is 1.92. The van der Waals surface area contributed by atoms with Gasteiger partial charge in [-0.25, -0.2) is 9.97 Å². The molecular weight excluding hydrogens is 384 g/mol. The van der Waals surface area contributed by atoms with Crippen LogP contribution in [0.5, 0.6) is 0 Å². The molecule has 0 bridgehead atoms. The molecule has 0 aliphatic carbocycles. The number of hydrogen-bond donors (Lipinski definition) is 1. The normalized spacial score (nSPS) is 14.7. The maximum Gasteiger partial charge on any atom is 0.226 e. The Morgan fingerprint density at radius 1 is 1.00 bits per heavy atom. The molecule has 8 heteroatoms. The van der Waals surface area contributed by atoms with Crippen LogP contribution in [0.25, 0.3) is 0 Å². The molecule has 0 radical (unpaired) electrons. The van der Waals surface area contributed by atoms with Crippen molar-refractivity contribution in [1.29, 1.82) is 0 Å². The number of anilines is 2. The van der Waals surface area contributed by atoms with E-state index in [0.717, 1.165) is 49.9 Å². The largest absolute Gasteiger partial charge is 0.354 e. The molecule has 1 aliphatic heterocycles. The SMILES string of the molecule is O=C(CCc1ccccn1)Nc1nc(CN2CCN(c3ccccn3)CC2)cs1. The minimum absolute atomic E-state index is 0.0273. The van der Waals surface area contributed by atoms with Gasteiger partial charge in [0.05, 0.1) is 5.69 Å².